The number of esters is 1. The van der Waals surface area contributed by atoms with Gasteiger partial charge in [0.15, 0.2) is 0 Å². The van der Waals surface area contributed by atoms with Crippen molar-refractivity contribution >= 4 is 52.2 Å². The molecule has 0 aromatic heterocycles. The lowest BCUT2D eigenvalue weighted by Crippen LogP contribution is -2.45. The standard InChI is InChI=1S/C21H17NO5S2/c1-27-20(26)15-9-7-14(8-10-15)12-17-18(23)22(21(28)29-17)16(19(24)25)11-13-5-3-2-4-6-13/h2-10,12,16H,11H2,1H3,(H,24,25)/b17-12-. The zero-order chi connectivity index (χ0) is 21.0. The van der Waals surface area contributed by atoms with E-state index >= 15 is 0 Å². The number of ether oxygens (including phenoxy) is 1. The van der Waals surface area contributed by atoms with E-state index in [2.05, 4.69) is 4.74 Å². The number of hydrogen-bond donors (Lipinski definition) is 1. The zero-order valence-corrected chi connectivity index (χ0v) is 17.0. The molecule has 1 N–H and O–H groups in total. The maximum Gasteiger partial charge on any atom is 0.337 e. The molecule has 1 aliphatic heterocycles. The Labute approximate surface area is 177 Å². The van der Waals surface area contributed by atoms with Crippen LogP contribution in [0.5, 0.6) is 0 Å². The lowest BCUT2D eigenvalue weighted by Gasteiger charge is -2.23. The minimum Gasteiger partial charge on any atom is -0.480 e. The fourth-order valence-corrected chi connectivity index (χ4v) is 4.22. The van der Waals surface area contributed by atoms with Crippen molar-refractivity contribution in [3.05, 3.63) is 76.2 Å². The Morgan fingerprint density at radius 3 is 2.41 bits per heavy atom. The summed E-state index contributed by atoms with van der Waals surface area (Å²) in [6, 6.07) is 14.5. The molecular formula is C21H17NO5S2. The normalized spacial score (nSPS) is 16.2. The van der Waals surface area contributed by atoms with Crippen molar-refractivity contribution in [3.63, 3.8) is 0 Å². The summed E-state index contributed by atoms with van der Waals surface area (Å²) < 4.78 is 4.86. The summed E-state index contributed by atoms with van der Waals surface area (Å²) in [6.45, 7) is 0. The van der Waals surface area contributed by atoms with Gasteiger partial charge in [-0.15, -0.1) is 0 Å². The molecule has 0 bridgehead atoms. The van der Waals surface area contributed by atoms with E-state index in [1.165, 1.54) is 7.11 Å². The summed E-state index contributed by atoms with van der Waals surface area (Å²) >= 11 is 6.36. The Bertz CT molecular complexity index is 986. The molecule has 3 rings (SSSR count). The third-order valence-corrected chi connectivity index (χ3v) is 5.65. The zero-order valence-electron chi connectivity index (χ0n) is 15.4. The van der Waals surface area contributed by atoms with Crippen molar-refractivity contribution in [1.29, 1.82) is 0 Å². The number of rotatable bonds is 6. The van der Waals surface area contributed by atoms with Crippen molar-refractivity contribution in [2.75, 3.05) is 7.11 Å². The average Bonchev–Trinajstić information content (AvgIpc) is 2.99. The number of carboxylic acids is 1. The number of carboxylic acid groups (broad SMARTS) is 1. The second-order valence-corrected chi connectivity index (χ2v) is 7.88. The quantitative estimate of drug-likeness (QED) is 0.430. The molecule has 148 valence electrons. The van der Waals surface area contributed by atoms with Crippen molar-refractivity contribution in [2.24, 2.45) is 0 Å². The predicted molar refractivity (Wildman–Crippen MR) is 114 cm³/mol. The number of hydrogen-bond acceptors (Lipinski definition) is 6. The fraction of sp³-hybridized carbons (Fsp3) is 0.143. The Morgan fingerprint density at radius 2 is 1.83 bits per heavy atom. The highest BCUT2D eigenvalue weighted by Gasteiger charge is 2.40. The van der Waals surface area contributed by atoms with Gasteiger partial charge >= 0.3 is 11.9 Å². The number of carbonyl (C=O) groups is 3. The lowest BCUT2D eigenvalue weighted by atomic mass is 10.0. The molecule has 1 atom stereocenters. The van der Waals surface area contributed by atoms with Gasteiger partial charge in [-0.25, -0.2) is 9.59 Å². The van der Waals surface area contributed by atoms with Crippen LogP contribution in [-0.2, 0) is 20.7 Å². The van der Waals surface area contributed by atoms with Crippen molar-refractivity contribution < 1.29 is 24.2 Å². The molecule has 1 unspecified atom stereocenters. The number of aliphatic carboxylic acids is 1. The Kier molecular flexibility index (Phi) is 6.46. The van der Waals surface area contributed by atoms with Crippen molar-refractivity contribution in [3.8, 4) is 0 Å². The van der Waals surface area contributed by atoms with Crippen LogP contribution in [0.3, 0.4) is 0 Å². The molecule has 6 nitrogen and oxygen atoms in total. The number of methoxy groups -OCH3 is 1. The first-order chi connectivity index (χ1) is 13.9. The van der Waals surface area contributed by atoms with E-state index < -0.39 is 23.9 Å². The van der Waals surface area contributed by atoms with Gasteiger partial charge in [0.2, 0.25) is 0 Å². The molecule has 1 saturated heterocycles. The van der Waals surface area contributed by atoms with Crippen LogP contribution in [0.1, 0.15) is 21.5 Å². The summed E-state index contributed by atoms with van der Waals surface area (Å²) in [5.41, 5.74) is 1.88. The lowest BCUT2D eigenvalue weighted by molar-refractivity contribution is -0.145. The highest BCUT2D eigenvalue weighted by atomic mass is 32.2. The first kappa shape index (κ1) is 20.8. The van der Waals surface area contributed by atoms with Crippen LogP contribution in [0, 0.1) is 0 Å². The highest BCUT2D eigenvalue weighted by Crippen LogP contribution is 2.34. The van der Waals surface area contributed by atoms with Crippen LogP contribution in [0.4, 0.5) is 0 Å². The van der Waals surface area contributed by atoms with Gasteiger partial charge in [0.05, 0.1) is 17.6 Å². The summed E-state index contributed by atoms with van der Waals surface area (Å²) in [7, 11) is 1.30. The minimum absolute atomic E-state index is 0.156. The van der Waals surface area contributed by atoms with Crippen molar-refractivity contribution in [2.45, 2.75) is 12.5 Å². The molecule has 29 heavy (non-hydrogen) atoms. The molecule has 1 amide bonds. The number of thioether (sulfide) groups is 1. The van der Waals surface area contributed by atoms with Gasteiger partial charge < -0.3 is 9.84 Å². The molecular weight excluding hydrogens is 410 g/mol. The molecule has 1 aliphatic rings. The number of carbonyl (C=O) groups excluding carboxylic acids is 2. The number of nitrogens with zero attached hydrogens (tertiary/aromatic N) is 1. The molecule has 0 aliphatic carbocycles. The van der Waals surface area contributed by atoms with E-state index in [0.29, 0.717) is 16.0 Å². The highest BCUT2D eigenvalue weighted by molar-refractivity contribution is 8.26. The van der Waals surface area contributed by atoms with Gasteiger partial charge in [-0.05, 0) is 29.3 Å². The van der Waals surface area contributed by atoms with Gasteiger partial charge in [0, 0.05) is 6.42 Å². The average molecular weight is 428 g/mol. The number of amides is 1. The van der Waals surface area contributed by atoms with Gasteiger partial charge in [-0.3, -0.25) is 9.69 Å². The summed E-state index contributed by atoms with van der Waals surface area (Å²) in [6.07, 6.45) is 1.78. The third kappa shape index (κ3) is 4.72. The van der Waals surface area contributed by atoms with E-state index in [1.807, 2.05) is 30.3 Å². The van der Waals surface area contributed by atoms with Gasteiger partial charge in [0.25, 0.3) is 5.91 Å². The number of thiocarbonyl (C=S) groups is 1. The van der Waals surface area contributed by atoms with Gasteiger partial charge in [-0.1, -0.05) is 66.4 Å². The molecule has 1 heterocycles. The van der Waals surface area contributed by atoms with Crippen LogP contribution in [0.15, 0.2) is 59.5 Å². The maximum absolute atomic E-state index is 12.9. The largest absolute Gasteiger partial charge is 0.480 e. The fourth-order valence-electron chi connectivity index (χ4n) is 2.86. The third-order valence-electron chi connectivity index (χ3n) is 4.32. The molecule has 0 radical (unpaired) electrons. The molecule has 0 saturated carbocycles. The van der Waals surface area contributed by atoms with E-state index in [9.17, 15) is 19.5 Å². The molecule has 8 heteroatoms. The summed E-state index contributed by atoms with van der Waals surface area (Å²) in [5, 5.41) is 9.69. The Morgan fingerprint density at radius 1 is 1.17 bits per heavy atom. The van der Waals surface area contributed by atoms with Crippen LogP contribution in [0.25, 0.3) is 6.08 Å². The van der Waals surface area contributed by atoms with Gasteiger partial charge in [-0.2, -0.15) is 0 Å². The topological polar surface area (TPSA) is 83.9 Å². The van der Waals surface area contributed by atoms with Gasteiger partial charge in [0.1, 0.15) is 10.4 Å². The molecule has 2 aromatic rings. The summed E-state index contributed by atoms with van der Waals surface area (Å²) in [4.78, 5) is 37.8. The summed E-state index contributed by atoms with van der Waals surface area (Å²) in [5.74, 6) is -2.01. The van der Waals surface area contributed by atoms with E-state index in [1.54, 1.807) is 30.3 Å². The predicted octanol–water partition coefficient (Wildman–Crippen LogP) is 3.37. The second kappa shape index (κ2) is 9.02. The SMILES string of the molecule is COC(=O)c1ccc(/C=C2\SC(=S)N(C(Cc3ccccc3)C(=O)O)C2=O)cc1. The minimum atomic E-state index is -1.12. The smallest absolute Gasteiger partial charge is 0.337 e. The second-order valence-electron chi connectivity index (χ2n) is 6.21. The monoisotopic (exact) mass is 427 g/mol. The van der Waals surface area contributed by atoms with Crippen LogP contribution >= 0.6 is 24.0 Å². The van der Waals surface area contributed by atoms with E-state index in [-0.39, 0.29) is 10.7 Å². The maximum atomic E-state index is 12.9. The van der Waals surface area contributed by atoms with Crippen LogP contribution < -0.4 is 0 Å². The molecule has 1 fully saturated rings. The number of benzene rings is 2. The molecule has 2 aromatic carbocycles. The van der Waals surface area contributed by atoms with E-state index in [4.69, 9.17) is 12.2 Å². The Hall–Kier alpha value is -2.97. The van der Waals surface area contributed by atoms with Crippen molar-refractivity contribution in [1.82, 2.24) is 4.90 Å². The first-order valence-electron chi connectivity index (χ1n) is 8.63. The van der Waals surface area contributed by atoms with Crippen LogP contribution in [0.2, 0.25) is 0 Å². The molecule has 0 spiro atoms. The Balaban J connectivity index is 1.83. The first-order valence-corrected chi connectivity index (χ1v) is 9.85. The van der Waals surface area contributed by atoms with Crippen LogP contribution in [-0.4, -0.2) is 45.3 Å². The van der Waals surface area contributed by atoms with E-state index in [0.717, 1.165) is 22.2 Å².